The Hall–Kier alpha value is -1.11. The van der Waals surface area contributed by atoms with Crippen LogP contribution < -0.4 is 0 Å². The van der Waals surface area contributed by atoms with E-state index in [1.165, 1.54) is 6.92 Å². The number of hydrogen-bond donors (Lipinski definition) is 0. The predicted octanol–water partition coefficient (Wildman–Crippen LogP) is 1.02. The maximum Gasteiger partial charge on any atom is 0.303 e. The molecule has 0 amide bonds. The summed E-state index contributed by atoms with van der Waals surface area (Å²) >= 11 is 0. The molecule has 1 atom stereocenters. The van der Waals surface area contributed by atoms with Gasteiger partial charge in [0.1, 0.15) is 5.82 Å². The SMILES string of the molecule is C[C@@H](CS(=O)(=O)F)c1ncc(F)cn1. The Labute approximate surface area is 80.2 Å². The van der Waals surface area contributed by atoms with Gasteiger partial charge < -0.3 is 0 Å². The van der Waals surface area contributed by atoms with Crippen LogP contribution in [0, 0.1) is 5.82 Å². The molecule has 0 N–H and O–H groups in total. The lowest BCUT2D eigenvalue weighted by Crippen LogP contribution is -2.10. The average molecular weight is 222 g/mol. The zero-order valence-electron chi connectivity index (χ0n) is 7.31. The van der Waals surface area contributed by atoms with Crippen LogP contribution in [0.15, 0.2) is 12.4 Å². The standard InChI is InChI=1S/C7H8F2N2O2S/c1-5(4-14(9,12)13)7-10-2-6(8)3-11-7/h2-3,5H,4H2,1H3/t5-/m0/s1. The summed E-state index contributed by atoms with van der Waals surface area (Å²) in [6.45, 7) is 1.45. The molecule has 1 rings (SSSR count). The van der Waals surface area contributed by atoms with E-state index in [1.807, 2.05) is 0 Å². The van der Waals surface area contributed by atoms with E-state index < -0.39 is 27.7 Å². The van der Waals surface area contributed by atoms with Gasteiger partial charge in [0.2, 0.25) is 0 Å². The molecule has 0 unspecified atom stereocenters. The first-order valence-electron chi connectivity index (χ1n) is 3.78. The van der Waals surface area contributed by atoms with Crippen LogP contribution in [-0.2, 0) is 10.2 Å². The van der Waals surface area contributed by atoms with Gasteiger partial charge in [0.05, 0.1) is 18.1 Å². The fraction of sp³-hybridized carbons (Fsp3) is 0.429. The van der Waals surface area contributed by atoms with Crippen molar-refractivity contribution < 1.29 is 16.7 Å². The van der Waals surface area contributed by atoms with Crippen molar-refractivity contribution in [3.8, 4) is 0 Å². The minimum absolute atomic E-state index is 0.104. The van der Waals surface area contributed by atoms with Crippen molar-refractivity contribution in [3.05, 3.63) is 24.0 Å². The van der Waals surface area contributed by atoms with Gasteiger partial charge in [-0.1, -0.05) is 6.92 Å². The molecule has 0 bridgehead atoms. The Morgan fingerprint density at radius 1 is 1.43 bits per heavy atom. The highest BCUT2D eigenvalue weighted by Gasteiger charge is 2.17. The van der Waals surface area contributed by atoms with Crippen LogP contribution in [0.3, 0.4) is 0 Å². The number of rotatable bonds is 3. The third-order valence-electron chi connectivity index (χ3n) is 1.53. The Balaban J connectivity index is 2.80. The zero-order valence-corrected chi connectivity index (χ0v) is 8.13. The van der Waals surface area contributed by atoms with Crippen molar-refractivity contribution in [2.75, 3.05) is 5.75 Å². The van der Waals surface area contributed by atoms with Crippen LogP contribution >= 0.6 is 0 Å². The van der Waals surface area contributed by atoms with Gasteiger partial charge in [-0.15, -0.1) is 3.89 Å². The van der Waals surface area contributed by atoms with Gasteiger partial charge in [0, 0.05) is 5.92 Å². The number of halogens is 2. The second-order valence-electron chi connectivity index (χ2n) is 2.87. The predicted molar refractivity (Wildman–Crippen MR) is 45.3 cm³/mol. The summed E-state index contributed by atoms with van der Waals surface area (Å²) in [6.07, 6.45) is 1.81. The molecule has 0 saturated heterocycles. The van der Waals surface area contributed by atoms with E-state index in [4.69, 9.17) is 0 Å². The minimum Gasteiger partial charge on any atom is -0.238 e. The first kappa shape index (κ1) is 11.0. The quantitative estimate of drug-likeness (QED) is 0.716. The molecule has 0 radical (unpaired) electrons. The molecule has 0 saturated carbocycles. The molecule has 0 fully saturated rings. The second kappa shape index (κ2) is 3.95. The summed E-state index contributed by atoms with van der Waals surface area (Å²) in [5.74, 6) is -1.90. The zero-order chi connectivity index (χ0) is 10.8. The number of nitrogens with zero attached hydrogens (tertiary/aromatic N) is 2. The molecule has 0 aliphatic carbocycles. The van der Waals surface area contributed by atoms with E-state index in [0.717, 1.165) is 12.4 Å². The summed E-state index contributed by atoms with van der Waals surface area (Å²) < 4.78 is 45.2. The average Bonchev–Trinajstić information content (AvgIpc) is 2.02. The van der Waals surface area contributed by atoms with Crippen LogP contribution in [0.2, 0.25) is 0 Å². The van der Waals surface area contributed by atoms with Crippen LogP contribution in [0.1, 0.15) is 18.7 Å². The monoisotopic (exact) mass is 222 g/mol. The summed E-state index contributed by atoms with van der Waals surface area (Å²) in [7, 11) is -4.56. The molecule has 0 aliphatic rings. The van der Waals surface area contributed by atoms with Crippen LogP contribution in [0.4, 0.5) is 8.28 Å². The van der Waals surface area contributed by atoms with Gasteiger partial charge in [-0.05, 0) is 0 Å². The highest BCUT2D eigenvalue weighted by Crippen LogP contribution is 2.13. The molecule has 0 aliphatic heterocycles. The van der Waals surface area contributed by atoms with E-state index in [1.54, 1.807) is 0 Å². The largest absolute Gasteiger partial charge is 0.303 e. The Morgan fingerprint density at radius 2 is 1.93 bits per heavy atom. The maximum atomic E-state index is 12.4. The van der Waals surface area contributed by atoms with Crippen molar-refractivity contribution >= 4 is 10.2 Å². The second-order valence-corrected chi connectivity index (χ2v) is 4.28. The number of aromatic nitrogens is 2. The van der Waals surface area contributed by atoms with E-state index >= 15 is 0 Å². The van der Waals surface area contributed by atoms with E-state index in [0.29, 0.717) is 0 Å². The molecule has 1 aromatic rings. The van der Waals surface area contributed by atoms with Gasteiger partial charge in [-0.2, -0.15) is 8.42 Å². The van der Waals surface area contributed by atoms with Crippen LogP contribution in [0.25, 0.3) is 0 Å². The summed E-state index contributed by atoms with van der Waals surface area (Å²) in [6, 6.07) is 0. The van der Waals surface area contributed by atoms with E-state index in [-0.39, 0.29) is 5.82 Å². The van der Waals surface area contributed by atoms with Gasteiger partial charge in [-0.3, -0.25) is 0 Å². The molecule has 1 aromatic heterocycles. The normalized spacial score (nSPS) is 13.9. The smallest absolute Gasteiger partial charge is 0.238 e. The third kappa shape index (κ3) is 3.33. The minimum atomic E-state index is -4.56. The van der Waals surface area contributed by atoms with Crippen LogP contribution in [-0.4, -0.2) is 24.1 Å². The Bertz CT molecular complexity index is 404. The van der Waals surface area contributed by atoms with Crippen molar-refractivity contribution in [1.82, 2.24) is 9.97 Å². The Kier molecular flexibility index (Phi) is 3.10. The Morgan fingerprint density at radius 3 is 2.36 bits per heavy atom. The highest BCUT2D eigenvalue weighted by molar-refractivity contribution is 7.86. The lowest BCUT2D eigenvalue weighted by molar-refractivity contribution is 0.543. The summed E-state index contributed by atoms with van der Waals surface area (Å²) in [4.78, 5) is 7.09. The van der Waals surface area contributed by atoms with Crippen molar-refractivity contribution in [2.45, 2.75) is 12.8 Å². The maximum absolute atomic E-state index is 12.4. The molecule has 0 aromatic carbocycles. The molecular formula is C7H8F2N2O2S. The number of hydrogen-bond acceptors (Lipinski definition) is 4. The van der Waals surface area contributed by atoms with Gasteiger partial charge in [0.15, 0.2) is 5.82 Å². The van der Waals surface area contributed by atoms with Crippen molar-refractivity contribution in [3.63, 3.8) is 0 Å². The molecule has 4 nitrogen and oxygen atoms in total. The lowest BCUT2D eigenvalue weighted by Gasteiger charge is -2.05. The molecule has 0 spiro atoms. The van der Waals surface area contributed by atoms with Gasteiger partial charge in [0.25, 0.3) is 0 Å². The summed E-state index contributed by atoms with van der Waals surface area (Å²) in [5, 5.41) is 0. The lowest BCUT2D eigenvalue weighted by atomic mass is 10.2. The summed E-state index contributed by atoms with van der Waals surface area (Å²) in [5.41, 5.74) is 0. The molecule has 14 heavy (non-hydrogen) atoms. The fourth-order valence-electron chi connectivity index (χ4n) is 0.950. The first-order valence-corrected chi connectivity index (χ1v) is 5.33. The molecular weight excluding hydrogens is 214 g/mol. The van der Waals surface area contributed by atoms with E-state index in [9.17, 15) is 16.7 Å². The van der Waals surface area contributed by atoms with Crippen LogP contribution in [0.5, 0.6) is 0 Å². The van der Waals surface area contributed by atoms with Gasteiger partial charge in [-0.25, -0.2) is 14.4 Å². The van der Waals surface area contributed by atoms with Crippen molar-refractivity contribution in [2.24, 2.45) is 0 Å². The first-order chi connectivity index (χ1) is 6.38. The van der Waals surface area contributed by atoms with Crippen molar-refractivity contribution in [1.29, 1.82) is 0 Å². The fourth-order valence-corrected chi connectivity index (χ4v) is 1.70. The topological polar surface area (TPSA) is 59.9 Å². The molecule has 7 heteroatoms. The van der Waals surface area contributed by atoms with Gasteiger partial charge >= 0.3 is 10.2 Å². The third-order valence-corrected chi connectivity index (χ3v) is 2.43. The molecule has 1 heterocycles. The molecule has 78 valence electrons. The highest BCUT2D eigenvalue weighted by atomic mass is 32.3. The van der Waals surface area contributed by atoms with E-state index in [2.05, 4.69) is 9.97 Å².